The standard InChI is InChI=1S/2C9H7N.2C4H10.2C2H6/c2*1-2-6-9-8(4-1)5-3-7-10-9;2*1-4(2)3;2*1-2/h2*1-7H;2*4H,1-3H3;2*1-2H3. The molecular weight excluding hydrogens is 388 g/mol. The number of hydrogen-bond donors (Lipinski definition) is 0. The van der Waals surface area contributed by atoms with Crippen molar-refractivity contribution >= 4 is 21.8 Å². The zero-order valence-corrected chi connectivity index (χ0v) is 22.1. The van der Waals surface area contributed by atoms with Gasteiger partial charge in [-0.25, -0.2) is 0 Å². The van der Waals surface area contributed by atoms with E-state index in [1.54, 1.807) is 0 Å². The molecule has 0 fully saturated rings. The highest BCUT2D eigenvalue weighted by molar-refractivity contribution is 5.78. The first-order valence-corrected chi connectivity index (χ1v) is 12.0. The summed E-state index contributed by atoms with van der Waals surface area (Å²) in [6, 6.07) is 24.2. The lowest BCUT2D eigenvalue weighted by molar-refractivity contribution is 0.736. The molecule has 0 saturated heterocycles. The van der Waals surface area contributed by atoms with E-state index < -0.39 is 0 Å². The smallest absolute Gasteiger partial charge is 0.0701 e. The Hall–Kier alpha value is -2.74. The summed E-state index contributed by atoms with van der Waals surface area (Å²) in [4.78, 5) is 8.36. The highest BCUT2D eigenvalue weighted by Crippen LogP contribution is 2.08. The molecule has 4 aromatic rings. The maximum atomic E-state index is 4.18. The van der Waals surface area contributed by atoms with Crippen LogP contribution in [0.2, 0.25) is 0 Å². The van der Waals surface area contributed by atoms with Gasteiger partial charge >= 0.3 is 0 Å². The summed E-state index contributed by atoms with van der Waals surface area (Å²) < 4.78 is 0. The number of benzene rings is 2. The molecule has 0 aliphatic heterocycles. The van der Waals surface area contributed by atoms with Crippen molar-refractivity contribution in [3.05, 3.63) is 85.2 Å². The van der Waals surface area contributed by atoms with Gasteiger partial charge in [0.05, 0.1) is 11.0 Å². The van der Waals surface area contributed by atoms with Crippen LogP contribution in [0, 0.1) is 11.8 Å². The zero-order chi connectivity index (χ0) is 24.8. The van der Waals surface area contributed by atoms with Gasteiger partial charge < -0.3 is 0 Å². The van der Waals surface area contributed by atoms with Gasteiger partial charge in [0.1, 0.15) is 0 Å². The molecule has 4 rings (SSSR count). The van der Waals surface area contributed by atoms with Crippen molar-refractivity contribution in [1.82, 2.24) is 9.97 Å². The van der Waals surface area contributed by atoms with Crippen molar-refractivity contribution in [3.8, 4) is 0 Å². The number of rotatable bonds is 0. The second-order valence-electron chi connectivity index (χ2n) is 7.86. The summed E-state index contributed by atoms with van der Waals surface area (Å²) in [7, 11) is 0. The lowest BCUT2D eigenvalue weighted by atomic mass is 10.2. The van der Waals surface area contributed by atoms with Crippen LogP contribution in [0.5, 0.6) is 0 Å². The van der Waals surface area contributed by atoms with Gasteiger partial charge in [-0.2, -0.15) is 0 Å². The Bertz CT molecular complexity index is 700. The van der Waals surface area contributed by atoms with Crippen LogP contribution < -0.4 is 0 Å². The minimum absolute atomic E-state index is 0.833. The first kappa shape index (κ1) is 31.4. The normalized spacial score (nSPS) is 8.88. The fourth-order valence-electron chi connectivity index (χ4n) is 2.03. The molecule has 0 saturated carbocycles. The molecule has 2 aromatic heterocycles. The Balaban J connectivity index is 0. The number of aromatic nitrogens is 2. The predicted molar refractivity (Wildman–Crippen MR) is 147 cm³/mol. The number of hydrogen-bond acceptors (Lipinski definition) is 2. The fraction of sp³-hybridized carbons (Fsp3) is 0.400. The Kier molecular flexibility index (Phi) is 21.1. The first-order chi connectivity index (χ1) is 15.4. The van der Waals surface area contributed by atoms with E-state index in [0.717, 1.165) is 22.9 Å². The third-order valence-electron chi connectivity index (χ3n) is 3.02. The van der Waals surface area contributed by atoms with E-state index in [1.807, 2.05) is 88.6 Å². The molecule has 176 valence electrons. The van der Waals surface area contributed by atoms with Gasteiger partial charge in [-0.3, -0.25) is 9.97 Å². The van der Waals surface area contributed by atoms with Gasteiger partial charge in [-0.05, 0) is 36.1 Å². The molecule has 0 aliphatic rings. The van der Waals surface area contributed by atoms with Gasteiger partial charge in [-0.1, -0.05) is 118 Å². The maximum Gasteiger partial charge on any atom is 0.0701 e. The largest absolute Gasteiger partial charge is 0.256 e. The molecule has 2 aromatic carbocycles. The summed E-state index contributed by atoms with van der Waals surface area (Å²) in [5.74, 6) is 1.67. The number of fused-ring (bicyclic) bond motifs is 2. The van der Waals surface area contributed by atoms with Crippen LogP contribution in [0.15, 0.2) is 85.2 Å². The molecule has 2 nitrogen and oxygen atoms in total. The molecule has 0 aliphatic carbocycles. The maximum absolute atomic E-state index is 4.18. The second-order valence-corrected chi connectivity index (χ2v) is 7.86. The molecule has 0 amide bonds. The number of pyridine rings is 2. The van der Waals surface area contributed by atoms with E-state index >= 15 is 0 Å². The van der Waals surface area contributed by atoms with Crippen molar-refractivity contribution in [2.75, 3.05) is 0 Å². The monoisotopic (exact) mass is 434 g/mol. The van der Waals surface area contributed by atoms with Crippen LogP contribution in [0.4, 0.5) is 0 Å². The Morgan fingerprint density at radius 3 is 0.969 bits per heavy atom. The van der Waals surface area contributed by atoms with E-state index in [1.165, 1.54) is 10.8 Å². The molecule has 0 unspecified atom stereocenters. The predicted octanol–water partition coefficient (Wildman–Crippen LogP) is 9.85. The van der Waals surface area contributed by atoms with Crippen LogP contribution >= 0.6 is 0 Å². The van der Waals surface area contributed by atoms with Crippen molar-refractivity contribution in [1.29, 1.82) is 0 Å². The highest BCUT2D eigenvalue weighted by atomic mass is 14.6. The zero-order valence-electron chi connectivity index (χ0n) is 22.1. The molecule has 0 N–H and O–H groups in total. The van der Waals surface area contributed by atoms with Crippen molar-refractivity contribution in [3.63, 3.8) is 0 Å². The molecule has 32 heavy (non-hydrogen) atoms. The number of para-hydroxylation sites is 2. The van der Waals surface area contributed by atoms with Crippen LogP contribution in [-0.4, -0.2) is 9.97 Å². The SMILES string of the molecule is CC.CC.CC(C)C.CC(C)C.c1ccc2ncccc2c1.c1ccc2ncccc2c1. The summed E-state index contributed by atoms with van der Waals surface area (Å²) >= 11 is 0. The van der Waals surface area contributed by atoms with Crippen molar-refractivity contribution < 1.29 is 0 Å². The van der Waals surface area contributed by atoms with E-state index in [9.17, 15) is 0 Å². The third kappa shape index (κ3) is 17.0. The van der Waals surface area contributed by atoms with E-state index in [4.69, 9.17) is 0 Å². The lowest BCUT2D eigenvalue weighted by Gasteiger charge is -1.91. The van der Waals surface area contributed by atoms with Gasteiger partial charge in [0.25, 0.3) is 0 Å². The van der Waals surface area contributed by atoms with E-state index in [-0.39, 0.29) is 0 Å². The quantitative estimate of drug-likeness (QED) is 0.275. The highest BCUT2D eigenvalue weighted by Gasteiger charge is 1.87. The minimum Gasteiger partial charge on any atom is -0.256 e. The Labute approximate surface area is 198 Å². The summed E-state index contributed by atoms with van der Waals surface area (Å²) in [5, 5.41) is 2.40. The Morgan fingerprint density at radius 1 is 0.438 bits per heavy atom. The fourth-order valence-corrected chi connectivity index (χ4v) is 2.03. The molecule has 0 radical (unpaired) electrons. The molecule has 2 heterocycles. The average Bonchev–Trinajstić information content (AvgIpc) is 2.82. The van der Waals surface area contributed by atoms with Crippen molar-refractivity contribution in [2.24, 2.45) is 11.8 Å². The van der Waals surface area contributed by atoms with Gasteiger partial charge in [0.2, 0.25) is 0 Å². The summed E-state index contributed by atoms with van der Waals surface area (Å²) in [6.45, 7) is 21.0. The number of nitrogens with zero attached hydrogens (tertiary/aromatic N) is 2. The van der Waals surface area contributed by atoms with E-state index in [0.29, 0.717) is 0 Å². The summed E-state index contributed by atoms with van der Waals surface area (Å²) in [5.41, 5.74) is 2.12. The lowest BCUT2D eigenvalue weighted by Crippen LogP contribution is -1.73. The van der Waals surface area contributed by atoms with Crippen LogP contribution in [0.1, 0.15) is 69.2 Å². The average molecular weight is 435 g/mol. The van der Waals surface area contributed by atoms with Gasteiger partial charge in [0.15, 0.2) is 0 Å². The minimum atomic E-state index is 0.833. The molecule has 0 bridgehead atoms. The molecule has 0 atom stereocenters. The van der Waals surface area contributed by atoms with Crippen LogP contribution in [0.3, 0.4) is 0 Å². The van der Waals surface area contributed by atoms with Crippen LogP contribution in [0.25, 0.3) is 21.8 Å². The van der Waals surface area contributed by atoms with Gasteiger partial charge in [-0.15, -0.1) is 0 Å². The molecule has 0 spiro atoms. The van der Waals surface area contributed by atoms with E-state index in [2.05, 4.69) is 75.8 Å². The first-order valence-electron chi connectivity index (χ1n) is 12.0. The molecular formula is C30H46N2. The third-order valence-corrected chi connectivity index (χ3v) is 3.02. The summed E-state index contributed by atoms with van der Waals surface area (Å²) in [6.07, 6.45) is 3.62. The Morgan fingerprint density at radius 2 is 0.688 bits per heavy atom. The molecule has 2 heteroatoms. The van der Waals surface area contributed by atoms with Gasteiger partial charge in [0, 0.05) is 23.2 Å². The topological polar surface area (TPSA) is 25.8 Å². The van der Waals surface area contributed by atoms with Crippen molar-refractivity contribution in [2.45, 2.75) is 69.2 Å². The van der Waals surface area contributed by atoms with Crippen LogP contribution in [-0.2, 0) is 0 Å². The second kappa shape index (κ2) is 21.5.